The van der Waals surface area contributed by atoms with E-state index in [1.165, 1.54) is 11.0 Å². The number of aromatic nitrogens is 1. The maximum atomic E-state index is 12.8. The number of carbonyl (C=O) groups is 2. The highest BCUT2D eigenvalue weighted by atomic mass is 35.5. The van der Waals surface area contributed by atoms with E-state index in [1.807, 2.05) is 0 Å². The molecule has 0 saturated carbocycles. The van der Waals surface area contributed by atoms with Gasteiger partial charge < -0.3 is 10.5 Å². The maximum absolute atomic E-state index is 12.8. The molecule has 142 valence electrons. The molecule has 2 heterocycles. The first kappa shape index (κ1) is 19.0. The van der Waals surface area contributed by atoms with Crippen molar-refractivity contribution < 1.29 is 27.5 Å². The minimum absolute atomic E-state index is 0.149. The molecule has 1 fully saturated rings. The molecule has 2 amide bonds. The van der Waals surface area contributed by atoms with Gasteiger partial charge in [-0.2, -0.15) is 13.2 Å². The van der Waals surface area contributed by atoms with Crippen LogP contribution in [0.1, 0.15) is 22.9 Å². The minimum Gasteiger partial charge on any atom is -0.434 e. The van der Waals surface area contributed by atoms with Crippen LogP contribution in [-0.2, 0) is 15.7 Å². The van der Waals surface area contributed by atoms with Gasteiger partial charge in [0.25, 0.3) is 5.91 Å². The largest absolute Gasteiger partial charge is 0.434 e. The third kappa shape index (κ3) is 3.97. The molecule has 1 unspecified atom stereocenters. The number of halogens is 4. The van der Waals surface area contributed by atoms with Gasteiger partial charge in [0, 0.05) is 11.2 Å². The Balaban J connectivity index is 2.02. The standard InChI is InChI=1S/C17H13ClF3N3O3/c18-11-4-1-9(2-5-11)14(24-8-13(15(22)25)27-16(24)26)12-6-3-10(7-23-12)17(19,20)21/h1-7,13-14H,8H2,(H2,22,25)/t13?,14-/m0/s1. The highest BCUT2D eigenvalue weighted by Crippen LogP contribution is 2.34. The fourth-order valence-electron chi connectivity index (χ4n) is 2.73. The smallest absolute Gasteiger partial charge is 0.417 e. The lowest BCUT2D eigenvalue weighted by Gasteiger charge is -2.26. The quantitative estimate of drug-likeness (QED) is 0.855. The van der Waals surface area contributed by atoms with Crippen LogP contribution in [0.4, 0.5) is 18.0 Å². The molecule has 1 saturated heterocycles. The summed E-state index contributed by atoms with van der Waals surface area (Å²) < 4.78 is 43.3. The topological polar surface area (TPSA) is 85.5 Å². The second-order valence-electron chi connectivity index (χ2n) is 5.85. The van der Waals surface area contributed by atoms with Crippen LogP contribution in [0.25, 0.3) is 0 Å². The Hall–Kier alpha value is -2.81. The predicted octanol–water partition coefficient (Wildman–Crippen LogP) is 3.15. The summed E-state index contributed by atoms with van der Waals surface area (Å²) in [7, 11) is 0. The molecule has 0 spiro atoms. The van der Waals surface area contributed by atoms with E-state index < -0.39 is 35.9 Å². The predicted molar refractivity (Wildman–Crippen MR) is 88.7 cm³/mol. The van der Waals surface area contributed by atoms with Crippen molar-refractivity contribution in [3.8, 4) is 0 Å². The molecule has 10 heteroatoms. The van der Waals surface area contributed by atoms with Crippen molar-refractivity contribution in [2.75, 3.05) is 6.54 Å². The Labute approximate surface area is 156 Å². The number of rotatable bonds is 4. The summed E-state index contributed by atoms with van der Waals surface area (Å²) in [5.74, 6) is -0.818. The summed E-state index contributed by atoms with van der Waals surface area (Å²) in [6, 6.07) is 7.53. The third-order valence-corrected chi connectivity index (χ3v) is 4.30. The number of amides is 2. The van der Waals surface area contributed by atoms with Gasteiger partial charge in [0.2, 0.25) is 0 Å². The number of hydrogen-bond acceptors (Lipinski definition) is 4. The number of cyclic esters (lactones) is 1. The Bertz CT molecular complexity index is 856. The summed E-state index contributed by atoms with van der Waals surface area (Å²) in [4.78, 5) is 28.6. The molecule has 1 aromatic carbocycles. The van der Waals surface area contributed by atoms with E-state index in [0.717, 1.165) is 6.07 Å². The SMILES string of the molecule is NC(=O)C1CN([C@@H](c2ccc(Cl)cc2)c2ccc(C(F)(F)F)cn2)C(=O)O1. The van der Waals surface area contributed by atoms with E-state index in [0.29, 0.717) is 16.8 Å². The molecule has 2 N–H and O–H groups in total. The van der Waals surface area contributed by atoms with Crippen molar-refractivity contribution in [1.82, 2.24) is 9.88 Å². The third-order valence-electron chi connectivity index (χ3n) is 4.05. The van der Waals surface area contributed by atoms with E-state index in [-0.39, 0.29) is 12.2 Å². The Morgan fingerprint density at radius 3 is 2.41 bits per heavy atom. The average Bonchev–Trinajstić information content (AvgIpc) is 2.99. The Morgan fingerprint density at radius 1 is 1.26 bits per heavy atom. The average molecular weight is 400 g/mol. The molecular formula is C17H13ClF3N3O3. The summed E-state index contributed by atoms with van der Waals surface area (Å²) in [6.45, 7) is -0.149. The number of hydrogen-bond donors (Lipinski definition) is 1. The van der Waals surface area contributed by atoms with Crippen LogP contribution in [0.2, 0.25) is 5.02 Å². The van der Waals surface area contributed by atoms with Crippen molar-refractivity contribution in [1.29, 1.82) is 0 Å². The number of nitrogens with two attached hydrogens (primary N) is 1. The van der Waals surface area contributed by atoms with Gasteiger partial charge >= 0.3 is 12.3 Å². The molecule has 2 atom stereocenters. The minimum atomic E-state index is -4.54. The van der Waals surface area contributed by atoms with Crippen molar-refractivity contribution in [3.63, 3.8) is 0 Å². The van der Waals surface area contributed by atoms with E-state index in [4.69, 9.17) is 22.1 Å². The van der Waals surface area contributed by atoms with E-state index in [9.17, 15) is 22.8 Å². The summed E-state index contributed by atoms with van der Waals surface area (Å²) in [6.07, 6.45) is -5.82. The first-order chi connectivity index (χ1) is 12.7. The van der Waals surface area contributed by atoms with Gasteiger partial charge in [-0.05, 0) is 29.8 Å². The Kier molecular flexibility index (Phi) is 4.97. The molecule has 6 nitrogen and oxygen atoms in total. The van der Waals surface area contributed by atoms with Crippen molar-refractivity contribution >= 4 is 23.6 Å². The molecule has 1 aliphatic rings. The lowest BCUT2D eigenvalue weighted by molar-refractivity contribution is -0.137. The molecule has 1 aliphatic heterocycles. The van der Waals surface area contributed by atoms with Crippen molar-refractivity contribution in [2.24, 2.45) is 5.73 Å². The van der Waals surface area contributed by atoms with Gasteiger partial charge in [-0.1, -0.05) is 23.7 Å². The number of ether oxygens (including phenoxy) is 1. The normalized spacial score (nSPS) is 18.3. The van der Waals surface area contributed by atoms with Crippen molar-refractivity contribution in [3.05, 3.63) is 64.4 Å². The van der Waals surface area contributed by atoms with Gasteiger partial charge in [-0.3, -0.25) is 14.7 Å². The van der Waals surface area contributed by atoms with Crippen LogP contribution in [0.15, 0.2) is 42.6 Å². The molecule has 0 aliphatic carbocycles. The van der Waals surface area contributed by atoms with E-state index in [1.54, 1.807) is 24.3 Å². The van der Waals surface area contributed by atoms with Crippen LogP contribution < -0.4 is 5.73 Å². The lowest BCUT2D eigenvalue weighted by Crippen LogP contribution is -2.35. The number of benzene rings is 1. The number of carbonyl (C=O) groups excluding carboxylic acids is 2. The highest BCUT2D eigenvalue weighted by molar-refractivity contribution is 6.30. The zero-order chi connectivity index (χ0) is 19.8. The first-order valence-electron chi connectivity index (χ1n) is 7.72. The molecule has 3 rings (SSSR count). The maximum Gasteiger partial charge on any atom is 0.417 e. The van der Waals surface area contributed by atoms with Crippen LogP contribution in [0.3, 0.4) is 0 Å². The molecule has 0 bridgehead atoms. The van der Waals surface area contributed by atoms with Gasteiger partial charge in [-0.15, -0.1) is 0 Å². The van der Waals surface area contributed by atoms with Crippen LogP contribution in [0.5, 0.6) is 0 Å². The fraction of sp³-hybridized carbons (Fsp3) is 0.235. The second kappa shape index (κ2) is 7.07. The van der Waals surface area contributed by atoms with E-state index >= 15 is 0 Å². The van der Waals surface area contributed by atoms with E-state index in [2.05, 4.69) is 4.98 Å². The molecule has 27 heavy (non-hydrogen) atoms. The lowest BCUT2D eigenvalue weighted by atomic mass is 10.0. The zero-order valence-corrected chi connectivity index (χ0v) is 14.4. The monoisotopic (exact) mass is 399 g/mol. The number of nitrogens with zero attached hydrogens (tertiary/aromatic N) is 2. The summed E-state index contributed by atoms with van der Waals surface area (Å²) in [5.41, 5.74) is 4.98. The molecule has 1 aromatic heterocycles. The summed E-state index contributed by atoms with van der Waals surface area (Å²) >= 11 is 5.88. The second-order valence-corrected chi connectivity index (χ2v) is 6.29. The Morgan fingerprint density at radius 2 is 1.93 bits per heavy atom. The highest BCUT2D eigenvalue weighted by Gasteiger charge is 2.41. The van der Waals surface area contributed by atoms with Crippen LogP contribution >= 0.6 is 11.6 Å². The van der Waals surface area contributed by atoms with Gasteiger partial charge in [0.15, 0.2) is 6.10 Å². The number of primary amides is 1. The number of alkyl halides is 3. The fourth-order valence-corrected chi connectivity index (χ4v) is 2.85. The molecular weight excluding hydrogens is 387 g/mol. The summed E-state index contributed by atoms with van der Waals surface area (Å²) in [5, 5.41) is 0.442. The first-order valence-corrected chi connectivity index (χ1v) is 8.10. The van der Waals surface area contributed by atoms with Crippen LogP contribution in [-0.4, -0.2) is 34.5 Å². The van der Waals surface area contributed by atoms with Crippen molar-refractivity contribution in [2.45, 2.75) is 18.3 Å². The van der Waals surface area contributed by atoms with Gasteiger partial charge in [-0.25, -0.2) is 4.79 Å². The molecule has 0 radical (unpaired) electrons. The van der Waals surface area contributed by atoms with Gasteiger partial charge in [0.05, 0.1) is 17.8 Å². The van der Waals surface area contributed by atoms with Crippen LogP contribution in [0, 0.1) is 0 Å². The van der Waals surface area contributed by atoms with Gasteiger partial charge in [0.1, 0.15) is 6.04 Å². The molecule has 2 aromatic rings. The zero-order valence-electron chi connectivity index (χ0n) is 13.6. The number of pyridine rings is 1.